The van der Waals surface area contributed by atoms with E-state index in [0.717, 1.165) is 5.19 Å². The normalized spacial score (nSPS) is 10.6. The van der Waals surface area contributed by atoms with Gasteiger partial charge in [0.15, 0.2) is 0 Å². The molecule has 3 aromatic rings. The summed E-state index contributed by atoms with van der Waals surface area (Å²) >= 11 is 0. The minimum absolute atomic E-state index is 1.11. The Kier molecular flexibility index (Phi) is 2.54. The van der Waals surface area contributed by atoms with Crippen LogP contribution in [-0.2, 0) is 0 Å². The van der Waals surface area contributed by atoms with Crippen molar-refractivity contribution < 1.29 is 0 Å². The summed E-state index contributed by atoms with van der Waals surface area (Å²) < 4.78 is 0. The van der Waals surface area contributed by atoms with Crippen LogP contribution in [0.1, 0.15) is 0 Å². The molecule has 17 heavy (non-hydrogen) atoms. The molecule has 0 spiro atoms. The summed E-state index contributed by atoms with van der Waals surface area (Å²) in [6.45, 7) is 0. The quantitative estimate of drug-likeness (QED) is 0.564. The highest BCUT2D eigenvalue weighted by Crippen LogP contribution is 2.27. The Hall–Kier alpha value is -1.86. The molecule has 0 saturated carbocycles. The number of hydrogen-bond donors (Lipinski definition) is 0. The lowest BCUT2D eigenvalue weighted by atomic mass is 9.98. The van der Waals surface area contributed by atoms with E-state index in [-0.39, 0.29) is 0 Å². The van der Waals surface area contributed by atoms with Gasteiger partial charge in [-0.25, -0.2) is 0 Å². The third-order valence-electron chi connectivity index (χ3n) is 2.99. The van der Waals surface area contributed by atoms with Crippen LogP contribution < -0.4 is 5.19 Å². The summed E-state index contributed by atoms with van der Waals surface area (Å²) in [5.74, 6) is 0. The summed E-state index contributed by atoms with van der Waals surface area (Å²) in [4.78, 5) is 0. The molecule has 0 N–H and O–H groups in total. The van der Waals surface area contributed by atoms with E-state index in [4.69, 9.17) is 0 Å². The second kappa shape index (κ2) is 4.19. The Morgan fingerprint density at radius 2 is 1.35 bits per heavy atom. The molecular weight excluding hydrogens is 220 g/mol. The molecule has 0 amide bonds. The van der Waals surface area contributed by atoms with E-state index >= 15 is 0 Å². The molecule has 0 aliphatic heterocycles. The van der Waals surface area contributed by atoms with E-state index in [1.165, 1.54) is 21.9 Å². The van der Waals surface area contributed by atoms with Gasteiger partial charge in [0.1, 0.15) is 0 Å². The van der Waals surface area contributed by atoms with Crippen LogP contribution in [0.15, 0.2) is 66.7 Å². The van der Waals surface area contributed by atoms with Crippen LogP contribution in [0, 0.1) is 0 Å². The van der Waals surface area contributed by atoms with Crippen molar-refractivity contribution in [2.45, 2.75) is 0 Å². The molecule has 0 aliphatic rings. The van der Waals surface area contributed by atoms with Crippen molar-refractivity contribution in [3.8, 4) is 11.1 Å². The molecule has 0 aliphatic carbocycles. The van der Waals surface area contributed by atoms with Crippen LogP contribution in [0.5, 0.6) is 0 Å². The largest absolute Gasteiger partial charge is 0.0711 e. The van der Waals surface area contributed by atoms with Crippen molar-refractivity contribution in [2.75, 3.05) is 0 Å². The Morgan fingerprint density at radius 3 is 2.18 bits per heavy atom. The fourth-order valence-electron chi connectivity index (χ4n) is 2.13. The zero-order chi connectivity index (χ0) is 11.7. The van der Waals surface area contributed by atoms with Gasteiger partial charge < -0.3 is 0 Å². The molecule has 0 unspecified atom stereocenters. The number of hydrogen-bond acceptors (Lipinski definition) is 0. The van der Waals surface area contributed by atoms with Crippen LogP contribution in [0.3, 0.4) is 0 Å². The maximum absolute atomic E-state index is 3.52. The average Bonchev–Trinajstić information content (AvgIpc) is 2.39. The molecule has 1 heteroatoms. The van der Waals surface area contributed by atoms with Gasteiger partial charge in [-0.3, -0.25) is 0 Å². The zero-order valence-corrected chi connectivity index (χ0v) is 10.4. The first-order valence-corrected chi connectivity index (χ1v) is 6.14. The third-order valence-corrected chi connectivity index (χ3v) is 3.32. The number of benzene rings is 3. The summed E-state index contributed by atoms with van der Waals surface area (Å²) in [6, 6.07) is 23.4. The summed E-state index contributed by atoms with van der Waals surface area (Å²) in [5.41, 5.74) is 2.54. The Bertz CT molecular complexity index is 648. The fourth-order valence-corrected chi connectivity index (χ4v) is 2.29. The molecule has 0 aromatic heterocycles. The first kappa shape index (κ1) is 10.3. The van der Waals surface area contributed by atoms with Gasteiger partial charge in [-0.2, -0.15) is 0 Å². The third kappa shape index (κ3) is 1.90. The van der Waals surface area contributed by atoms with Crippen LogP contribution in [0.4, 0.5) is 0 Å². The van der Waals surface area contributed by atoms with Crippen LogP contribution >= 0.6 is 0 Å². The van der Waals surface area contributed by atoms with Crippen molar-refractivity contribution in [2.24, 2.45) is 0 Å². The lowest BCUT2D eigenvalue weighted by Crippen LogP contribution is -1.99. The first-order chi connectivity index (χ1) is 8.34. The molecule has 3 aromatic carbocycles. The topological polar surface area (TPSA) is 0 Å². The standard InChI is InChI=1S/C16H11Si/c17-14-10-8-13(9-11-14)16-7-3-5-12-4-1-2-6-15(12)16/h1-11H. The Morgan fingerprint density at radius 1 is 0.647 bits per heavy atom. The van der Waals surface area contributed by atoms with Gasteiger partial charge >= 0.3 is 0 Å². The highest BCUT2D eigenvalue weighted by Gasteiger charge is 2.02. The van der Waals surface area contributed by atoms with Gasteiger partial charge in [0.2, 0.25) is 0 Å². The van der Waals surface area contributed by atoms with E-state index in [9.17, 15) is 0 Å². The molecule has 3 rings (SSSR count). The van der Waals surface area contributed by atoms with Crippen molar-refractivity contribution in [1.29, 1.82) is 0 Å². The van der Waals surface area contributed by atoms with Crippen LogP contribution in [0.2, 0.25) is 0 Å². The average molecular weight is 231 g/mol. The predicted molar refractivity (Wildman–Crippen MR) is 74.8 cm³/mol. The van der Waals surface area contributed by atoms with E-state index in [1.54, 1.807) is 0 Å². The number of fused-ring (bicyclic) bond motifs is 1. The van der Waals surface area contributed by atoms with Crippen LogP contribution in [0.25, 0.3) is 21.9 Å². The van der Waals surface area contributed by atoms with Gasteiger partial charge in [-0.15, -0.1) is 0 Å². The Labute approximate surface area is 104 Å². The highest BCUT2D eigenvalue weighted by atomic mass is 28.1. The zero-order valence-electron chi connectivity index (χ0n) is 9.35. The lowest BCUT2D eigenvalue weighted by molar-refractivity contribution is 1.67. The minimum Gasteiger partial charge on any atom is -0.0673 e. The molecule has 3 radical (unpaired) electrons. The van der Waals surface area contributed by atoms with Gasteiger partial charge in [-0.05, 0) is 21.9 Å². The fraction of sp³-hybridized carbons (Fsp3) is 0. The molecule has 0 atom stereocenters. The van der Waals surface area contributed by atoms with Crippen molar-refractivity contribution in [3.05, 3.63) is 66.7 Å². The van der Waals surface area contributed by atoms with Gasteiger partial charge in [0, 0.05) is 0 Å². The summed E-state index contributed by atoms with van der Waals surface area (Å²) in [6.07, 6.45) is 0. The summed E-state index contributed by atoms with van der Waals surface area (Å²) in [5, 5.41) is 3.69. The molecule has 0 fully saturated rings. The smallest absolute Gasteiger partial charge is 0.0673 e. The summed E-state index contributed by atoms with van der Waals surface area (Å²) in [7, 11) is 3.52. The molecule has 0 saturated heterocycles. The second-order valence-electron chi connectivity index (χ2n) is 4.10. The van der Waals surface area contributed by atoms with Crippen molar-refractivity contribution in [1.82, 2.24) is 0 Å². The monoisotopic (exact) mass is 231 g/mol. The van der Waals surface area contributed by atoms with Crippen molar-refractivity contribution in [3.63, 3.8) is 0 Å². The second-order valence-corrected chi connectivity index (χ2v) is 4.68. The highest BCUT2D eigenvalue weighted by molar-refractivity contribution is 6.32. The molecule has 0 nitrogen and oxygen atoms in total. The maximum atomic E-state index is 3.52. The minimum atomic E-state index is 1.11. The predicted octanol–water partition coefficient (Wildman–Crippen LogP) is 3.30. The maximum Gasteiger partial charge on any atom is 0.0711 e. The van der Waals surface area contributed by atoms with E-state index in [0.29, 0.717) is 0 Å². The van der Waals surface area contributed by atoms with Gasteiger partial charge in [0.05, 0.1) is 10.2 Å². The lowest BCUT2D eigenvalue weighted by Gasteiger charge is -2.07. The van der Waals surface area contributed by atoms with Gasteiger partial charge in [-0.1, -0.05) is 71.9 Å². The van der Waals surface area contributed by atoms with E-state index in [1.807, 2.05) is 0 Å². The molecule has 0 heterocycles. The van der Waals surface area contributed by atoms with E-state index < -0.39 is 0 Å². The first-order valence-electron chi connectivity index (χ1n) is 5.64. The van der Waals surface area contributed by atoms with Crippen LogP contribution in [-0.4, -0.2) is 10.2 Å². The van der Waals surface area contributed by atoms with E-state index in [2.05, 4.69) is 77.0 Å². The molecule has 79 valence electrons. The van der Waals surface area contributed by atoms with Crippen molar-refractivity contribution >= 4 is 26.2 Å². The number of rotatable bonds is 1. The Balaban J connectivity index is 2.27. The van der Waals surface area contributed by atoms with Gasteiger partial charge in [0.25, 0.3) is 0 Å². The SMILES string of the molecule is [Si]c1ccc(-c2cccc3ccccc23)cc1. The molecular formula is C16H11Si. The molecule has 0 bridgehead atoms.